The SMILES string of the molecule is C=C(CC)NNc1nc2c(c(=O)n(C)c(=O)n2C)n1Cc1ccccc1Cl. The van der Waals surface area contributed by atoms with Gasteiger partial charge in [0.1, 0.15) is 0 Å². The quantitative estimate of drug-likeness (QED) is 0.630. The summed E-state index contributed by atoms with van der Waals surface area (Å²) in [6.45, 7) is 6.15. The number of aromatic nitrogens is 4. The third kappa shape index (κ3) is 3.35. The van der Waals surface area contributed by atoms with Crippen LogP contribution in [0.5, 0.6) is 0 Å². The molecule has 2 aromatic heterocycles. The summed E-state index contributed by atoms with van der Waals surface area (Å²) in [7, 11) is 3.03. The highest BCUT2D eigenvalue weighted by Gasteiger charge is 2.20. The van der Waals surface area contributed by atoms with Crippen LogP contribution in [0.4, 0.5) is 5.95 Å². The minimum absolute atomic E-state index is 0.293. The zero-order chi connectivity index (χ0) is 19.7. The summed E-state index contributed by atoms with van der Waals surface area (Å²) in [6, 6.07) is 7.38. The second kappa shape index (κ2) is 7.32. The molecule has 0 bridgehead atoms. The standard InChI is InChI=1S/C18H21ClN6O2/c1-5-11(2)21-22-17-20-15-14(16(26)24(4)18(27)23(15)3)25(17)10-12-8-6-7-9-13(12)19/h6-9,21H,2,5,10H2,1,3-4H3,(H,20,22). The van der Waals surface area contributed by atoms with Crippen LogP contribution in [-0.4, -0.2) is 18.7 Å². The summed E-state index contributed by atoms with van der Waals surface area (Å²) in [4.78, 5) is 29.5. The van der Waals surface area contributed by atoms with E-state index in [4.69, 9.17) is 11.6 Å². The summed E-state index contributed by atoms with van der Waals surface area (Å²) in [6.07, 6.45) is 0.720. The molecule has 0 aliphatic heterocycles. The molecule has 1 aromatic carbocycles. The molecule has 9 heteroatoms. The van der Waals surface area contributed by atoms with Crippen LogP contribution in [0, 0.1) is 0 Å². The van der Waals surface area contributed by atoms with Gasteiger partial charge in [-0.1, -0.05) is 43.3 Å². The van der Waals surface area contributed by atoms with Gasteiger partial charge in [0.2, 0.25) is 5.95 Å². The van der Waals surface area contributed by atoms with Gasteiger partial charge >= 0.3 is 5.69 Å². The summed E-state index contributed by atoms with van der Waals surface area (Å²) >= 11 is 6.30. The van der Waals surface area contributed by atoms with Gasteiger partial charge in [-0.3, -0.25) is 23.9 Å². The highest BCUT2D eigenvalue weighted by Crippen LogP contribution is 2.21. The Morgan fingerprint density at radius 2 is 1.93 bits per heavy atom. The summed E-state index contributed by atoms with van der Waals surface area (Å²) < 4.78 is 4.11. The molecule has 27 heavy (non-hydrogen) atoms. The fourth-order valence-electron chi connectivity index (χ4n) is 2.73. The highest BCUT2D eigenvalue weighted by molar-refractivity contribution is 6.31. The monoisotopic (exact) mass is 388 g/mol. The van der Waals surface area contributed by atoms with E-state index >= 15 is 0 Å². The number of imidazole rings is 1. The molecule has 0 saturated heterocycles. The molecule has 8 nitrogen and oxygen atoms in total. The number of halogens is 1. The molecule has 0 fully saturated rings. The number of hydrazine groups is 1. The van der Waals surface area contributed by atoms with E-state index in [1.165, 1.54) is 11.6 Å². The molecular weight excluding hydrogens is 368 g/mol. The molecule has 142 valence electrons. The van der Waals surface area contributed by atoms with Crippen molar-refractivity contribution in [3.63, 3.8) is 0 Å². The van der Waals surface area contributed by atoms with Crippen molar-refractivity contribution >= 4 is 28.7 Å². The average molecular weight is 389 g/mol. The van der Waals surface area contributed by atoms with Gasteiger partial charge in [0, 0.05) is 24.8 Å². The second-order valence-corrected chi connectivity index (χ2v) is 6.61. The Balaban J connectivity index is 2.23. The number of anilines is 1. The first kappa shape index (κ1) is 18.8. The van der Waals surface area contributed by atoms with E-state index in [-0.39, 0.29) is 0 Å². The lowest BCUT2D eigenvalue weighted by atomic mass is 10.2. The van der Waals surface area contributed by atoms with Gasteiger partial charge in [0.15, 0.2) is 11.2 Å². The minimum Gasteiger partial charge on any atom is -0.303 e. The molecule has 3 rings (SSSR count). The molecule has 0 radical (unpaired) electrons. The van der Waals surface area contributed by atoms with Crippen LogP contribution in [0.1, 0.15) is 18.9 Å². The van der Waals surface area contributed by atoms with Gasteiger partial charge in [-0.2, -0.15) is 4.98 Å². The molecule has 0 aliphatic carbocycles. The maximum Gasteiger partial charge on any atom is 0.332 e. The van der Waals surface area contributed by atoms with Crippen LogP contribution >= 0.6 is 11.6 Å². The van der Waals surface area contributed by atoms with E-state index in [0.29, 0.717) is 28.7 Å². The largest absolute Gasteiger partial charge is 0.332 e. The Bertz CT molecular complexity index is 1140. The molecule has 0 amide bonds. The third-order valence-corrected chi connectivity index (χ3v) is 4.78. The molecule has 0 atom stereocenters. The topological polar surface area (TPSA) is 85.9 Å². The normalized spacial score (nSPS) is 11.0. The van der Waals surface area contributed by atoms with Crippen molar-refractivity contribution < 1.29 is 0 Å². The van der Waals surface area contributed by atoms with Gasteiger partial charge in [0.25, 0.3) is 5.56 Å². The van der Waals surface area contributed by atoms with Crippen LogP contribution in [0.3, 0.4) is 0 Å². The Labute approximate surface area is 160 Å². The number of nitrogens with zero attached hydrogens (tertiary/aromatic N) is 4. The number of hydrogen-bond donors (Lipinski definition) is 2. The lowest BCUT2D eigenvalue weighted by molar-refractivity contribution is 0.702. The molecule has 0 unspecified atom stereocenters. The highest BCUT2D eigenvalue weighted by atomic mass is 35.5. The Hall–Kier alpha value is -3.00. The van der Waals surface area contributed by atoms with Gasteiger partial charge in [-0.15, -0.1) is 0 Å². The van der Waals surface area contributed by atoms with E-state index in [1.54, 1.807) is 17.7 Å². The van der Waals surface area contributed by atoms with Crippen molar-refractivity contribution in [2.75, 3.05) is 5.43 Å². The number of benzene rings is 1. The summed E-state index contributed by atoms with van der Waals surface area (Å²) in [5.74, 6) is 0.387. The fraction of sp³-hybridized carbons (Fsp3) is 0.278. The molecule has 0 spiro atoms. The zero-order valence-corrected chi connectivity index (χ0v) is 16.2. The lowest BCUT2D eigenvalue weighted by Crippen LogP contribution is -2.37. The number of aryl methyl sites for hydroxylation is 1. The summed E-state index contributed by atoms with van der Waals surface area (Å²) in [5.41, 5.74) is 7.27. The molecule has 2 N–H and O–H groups in total. The number of nitrogens with one attached hydrogen (secondary N) is 2. The van der Waals surface area contributed by atoms with Crippen molar-refractivity contribution in [2.45, 2.75) is 19.9 Å². The van der Waals surface area contributed by atoms with Crippen molar-refractivity contribution in [3.8, 4) is 0 Å². The average Bonchev–Trinajstić information content (AvgIpc) is 3.03. The first-order valence-electron chi connectivity index (χ1n) is 8.44. The molecular formula is C18H21ClN6O2. The van der Waals surface area contributed by atoms with Crippen LogP contribution in [0.2, 0.25) is 5.02 Å². The Morgan fingerprint density at radius 1 is 1.22 bits per heavy atom. The predicted octanol–water partition coefficient (Wildman–Crippen LogP) is 1.98. The fourth-order valence-corrected chi connectivity index (χ4v) is 2.92. The van der Waals surface area contributed by atoms with E-state index in [1.807, 2.05) is 25.1 Å². The van der Waals surface area contributed by atoms with Crippen molar-refractivity contribution in [2.24, 2.45) is 14.1 Å². The Kier molecular flexibility index (Phi) is 5.09. The van der Waals surface area contributed by atoms with Crippen LogP contribution in [-0.2, 0) is 20.6 Å². The van der Waals surface area contributed by atoms with Gasteiger partial charge < -0.3 is 5.43 Å². The maximum absolute atomic E-state index is 12.8. The second-order valence-electron chi connectivity index (χ2n) is 6.20. The van der Waals surface area contributed by atoms with Crippen molar-refractivity contribution in [1.29, 1.82) is 0 Å². The van der Waals surface area contributed by atoms with Crippen LogP contribution < -0.4 is 22.1 Å². The molecule has 0 saturated carbocycles. The van der Waals surface area contributed by atoms with Crippen LogP contribution in [0.15, 0.2) is 46.1 Å². The van der Waals surface area contributed by atoms with E-state index < -0.39 is 11.2 Å². The van der Waals surface area contributed by atoms with Gasteiger partial charge in [0.05, 0.1) is 6.54 Å². The smallest absolute Gasteiger partial charge is 0.303 e. The molecule has 2 heterocycles. The third-order valence-electron chi connectivity index (χ3n) is 4.41. The van der Waals surface area contributed by atoms with Gasteiger partial charge in [-0.05, 0) is 18.1 Å². The van der Waals surface area contributed by atoms with E-state index in [9.17, 15) is 9.59 Å². The van der Waals surface area contributed by atoms with E-state index in [0.717, 1.165) is 22.2 Å². The number of rotatable bonds is 6. The predicted molar refractivity (Wildman–Crippen MR) is 107 cm³/mol. The van der Waals surface area contributed by atoms with Gasteiger partial charge in [-0.25, -0.2) is 4.79 Å². The van der Waals surface area contributed by atoms with Crippen molar-refractivity contribution in [3.05, 3.63) is 68.0 Å². The summed E-state index contributed by atoms with van der Waals surface area (Å²) in [5, 5.41) is 0.581. The zero-order valence-electron chi connectivity index (χ0n) is 15.4. The van der Waals surface area contributed by atoms with Crippen molar-refractivity contribution in [1.82, 2.24) is 24.1 Å². The molecule has 0 aliphatic rings. The number of allylic oxidation sites excluding steroid dienone is 1. The van der Waals surface area contributed by atoms with E-state index in [2.05, 4.69) is 22.4 Å². The first-order valence-corrected chi connectivity index (χ1v) is 8.82. The first-order chi connectivity index (χ1) is 12.8. The van der Waals surface area contributed by atoms with Crippen LogP contribution in [0.25, 0.3) is 11.2 Å². The minimum atomic E-state index is -0.438. The maximum atomic E-state index is 12.8. The Morgan fingerprint density at radius 3 is 2.59 bits per heavy atom. The number of fused-ring (bicyclic) bond motifs is 1. The number of hydrogen-bond acceptors (Lipinski definition) is 5. The lowest BCUT2D eigenvalue weighted by Gasteiger charge is -2.13. The molecule has 3 aromatic rings.